The quantitative estimate of drug-likeness (QED) is 0.133. The van der Waals surface area contributed by atoms with Crippen molar-refractivity contribution in [2.75, 3.05) is 5.73 Å². The number of aromatic nitrogens is 4. The molecule has 0 aliphatic heterocycles. The Labute approximate surface area is 240 Å². The minimum Gasteiger partial charge on any atom is -0.397 e. The SMILES string of the molecule is C=Nc1ccc(-c2ccc3[nH]c(-c4cccc(C(C)(C)CCc5ccc6[nH]c(C(C)C)nc6c5)c4)nc3c2)cc1N. The summed E-state index contributed by atoms with van der Waals surface area (Å²) < 4.78 is 0. The Morgan fingerprint density at radius 2 is 1.56 bits per heavy atom. The van der Waals surface area contributed by atoms with Gasteiger partial charge < -0.3 is 15.7 Å². The molecule has 0 fully saturated rings. The first kappa shape index (κ1) is 26.5. The first-order valence-corrected chi connectivity index (χ1v) is 14.2. The van der Waals surface area contributed by atoms with Crippen LogP contribution in [0.5, 0.6) is 0 Å². The average molecular weight is 541 g/mol. The Bertz CT molecular complexity index is 1890. The van der Waals surface area contributed by atoms with Gasteiger partial charge >= 0.3 is 0 Å². The molecule has 2 aromatic heterocycles. The summed E-state index contributed by atoms with van der Waals surface area (Å²) in [7, 11) is 0. The van der Waals surface area contributed by atoms with E-state index in [2.05, 4.69) is 110 Å². The van der Waals surface area contributed by atoms with Crippen LogP contribution >= 0.6 is 0 Å². The number of nitrogens with two attached hydrogens (primary N) is 1. The first-order valence-electron chi connectivity index (χ1n) is 14.2. The van der Waals surface area contributed by atoms with Crippen molar-refractivity contribution < 1.29 is 0 Å². The second kappa shape index (κ2) is 10.4. The van der Waals surface area contributed by atoms with Crippen LogP contribution < -0.4 is 5.73 Å². The molecule has 4 N–H and O–H groups in total. The van der Waals surface area contributed by atoms with Crippen LogP contribution in [0, 0.1) is 0 Å². The molecule has 41 heavy (non-hydrogen) atoms. The molecule has 6 nitrogen and oxygen atoms in total. The summed E-state index contributed by atoms with van der Waals surface area (Å²) in [5.74, 6) is 2.30. The molecule has 6 aromatic rings. The van der Waals surface area contributed by atoms with Gasteiger partial charge in [0.1, 0.15) is 11.6 Å². The second-order valence-electron chi connectivity index (χ2n) is 11.8. The van der Waals surface area contributed by atoms with Crippen molar-refractivity contribution in [3.63, 3.8) is 0 Å². The molecule has 0 bridgehead atoms. The van der Waals surface area contributed by atoms with Crippen molar-refractivity contribution in [3.8, 4) is 22.5 Å². The number of fused-ring (bicyclic) bond motifs is 2. The molecule has 0 amide bonds. The Hall–Kier alpha value is -4.71. The summed E-state index contributed by atoms with van der Waals surface area (Å²) >= 11 is 0. The fourth-order valence-corrected chi connectivity index (χ4v) is 5.39. The molecular formula is C35H36N6. The van der Waals surface area contributed by atoms with Crippen molar-refractivity contribution >= 4 is 40.2 Å². The number of aromatic amines is 2. The van der Waals surface area contributed by atoms with Crippen LogP contribution in [0.4, 0.5) is 11.4 Å². The zero-order valence-electron chi connectivity index (χ0n) is 24.1. The molecule has 0 atom stereocenters. The predicted molar refractivity (Wildman–Crippen MR) is 172 cm³/mol. The third-order valence-corrected chi connectivity index (χ3v) is 8.08. The summed E-state index contributed by atoms with van der Waals surface area (Å²) in [5, 5.41) is 0. The lowest BCUT2D eigenvalue weighted by atomic mass is 9.79. The number of rotatable bonds is 8. The van der Waals surface area contributed by atoms with Gasteiger partial charge in [-0.3, -0.25) is 4.99 Å². The van der Waals surface area contributed by atoms with Gasteiger partial charge in [0.15, 0.2) is 0 Å². The molecule has 206 valence electrons. The lowest BCUT2D eigenvalue weighted by molar-refractivity contribution is 0.480. The molecule has 0 aliphatic rings. The summed E-state index contributed by atoms with van der Waals surface area (Å²) in [5.41, 5.74) is 17.3. The van der Waals surface area contributed by atoms with Crippen LogP contribution in [0.2, 0.25) is 0 Å². The Morgan fingerprint density at radius 3 is 2.34 bits per heavy atom. The molecule has 6 rings (SSSR count). The highest BCUT2D eigenvalue weighted by Gasteiger charge is 2.22. The fraction of sp³-hybridized carbons (Fsp3) is 0.229. The largest absolute Gasteiger partial charge is 0.397 e. The van der Waals surface area contributed by atoms with Crippen LogP contribution in [-0.4, -0.2) is 26.7 Å². The minimum absolute atomic E-state index is 0.00872. The van der Waals surface area contributed by atoms with E-state index in [0.29, 0.717) is 17.3 Å². The van der Waals surface area contributed by atoms with Gasteiger partial charge in [-0.15, -0.1) is 0 Å². The van der Waals surface area contributed by atoms with Crippen LogP contribution in [0.15, 0.2) is 83.9 Å². The van der Waals surface area contributed by atoms with Crippen LogP contribution in [-0.2, 0) is 11.8 Å². The van der Waals surface area contributed by atoms with Crippen molar-refractivity contribution in [1.82, 2.24) is 19.9 Å². The highest BCUT2D eigenvalue weighted by atomic mass is 14.9. The topological polar surface area (TPSA) is 95.7 Å². The number of nitrogens with one attached hydrogen (secondary N) is 2. The van der Waals surface area contributed by atoms with Gasteiger partial charge in [-0.1, -0.05) is 64.1 Å². The maximum Gasteiger partial charge on any atom is 0.138 e. The first-order chi connectivity index (χ1) is 19.7. The summed E-state index contributed by atoms with van der Waals surface area (Å²) in [4.78, 5) is 20.7. The van der Waals surface area contributed by atoms with Gasteiger partial charge in [-0.05, 0) is 89.7 Å². The standard InChI is InChI=1S/C35H36N6/c1-21(2)33-38-29-12-9-22(17-31(29)40-33)15-16-35(3,4)26-8-6-7-25(18-26)34-39-30-14-11-24(20-32(30)41-34)23-10-13-28(37-5)27(36)19-23/h6-14,17-21H,5,15-16,36H2,1-4H3,(H,38,40)(H,39,41). The average Bonchev–Trinajstić information content (AvgIpc) is 3.60. The zero-order chi connectivity index (χ0) is 28.7. The number of hydrogen-bond donors (Lipinski definition) is 3. The van der Waals surface area contributed by atoms with E-state index >= 15 is 0 Å². The summed E-state index contributed by atoms with van der Waals surface area (Å²) in [6, 6.07) is 27.4. The Balaban J connectivity index is 1.22. The van der Waals surface area contributed by atoms with E-state index in [1.54, 1.807) is 0 Å². The number of aliphatic imine (C=N–C) groups is 1. The van der Waals surface area contributed by atoms with Gasteiger partial charge in [-0.25, -0.2) is 9.97 Å². The lowest BCUT2D eigenvalue weighted by Gasteiger charge is -2.26. The Kier molecular flexibility index (Phi) is 6.70. The minimum atomic E-state index is -0.00872. The third-order valence-electron chi connectivity index (χ3n) is 8.08. The number of aryl methyl sites for hydroxylation is 1. The monoisotopic (exact) mass is 540 g/mol. The lowest BCUT2D eigenvalue weighted by Crippen LogP contribution is -2.18. The van der Waals surface area contributed by atoms with Gasteiger partial charge in [-0.2, -0.15) is 0 Å². The van der Waals surface area contributed by atoms with Gasteiger partial charge in [0, 0.05) is 11.5 Å². The van der Waals surface area contributed by atoms with E-state index in [1.807, 2.05) is 18.2 Å². The summed E-state index contributed by atoms with van der Waals surface area (Å²) in [6.45, 7) is 12.5. The fourth-order valence-electron chi connectivity index (χ4n) is 5.39. The highest BCUT2D eigenvalue weighted by molar-refractivity contribution is 5.86. The zero-order valence-corrected chi connectivity index (χ0v) is 24.1. The number of H-pyrrole nitrogens is 2. The Morgan fingerprint density at radius 1 is 0.829 bits per heavy atom. The van der Waals surface area contributed by atoms with Crippen LogP contribution in [0.3, 0.4) is 0 Å². The van der Waals surface area contributed by atoms with E-state index in [4.69, 9.17) is 15.7 Å². The van der Waals surface area contributed by atoms with E-state index in [0.717, 1.165) is 63.2 Å². The van der Waals surface area contributed by atoms with E-state index < -0.39 is 0 Å². The van der Waals surface area contributed by atoms with Gasteiger partial charge in [0.2, 0.25) is 0 Å². The second-order valence-corrected chi connectivity index (χ2v) is 11.8. The van der Waals surface area contributed by atoms with Crippen LogP contribution in [0.1, 0.15) is 57.0 Å². The predicted octanol–water partition coefficient (Wildman–Crippen LogP) is 8.72. The maximum atomic E-state index is 6.14. The van der Waals surface area contributed by atoms with Crippen LogP contribution in [0.25, 0.3) is 44.6 Å². The molecule has 0 radical (unpaired) electrons. The molecule has 0 spiro atoms. The van der Waals surface area contributed by atoms with Crippen molar-refractivity contribution in [2.45, 2.75) is 51.9 Å². The van der Waals surface area contributed by atoms with E-state index in [1.165, 1.54) is 11.1 Å². The number of anilines is 1. The number of benzene rings is 4. The number of hydrogen-bond acceptors (Lipinski definition) is 4. The molecule has 0 aliphatic carbocycles. The third kappa shape index (κ3) is 5.25. The van der Waals surface area contributed by atoms with Crippen molar-refractivity contribution in [3.05, 3.63) is 95.8 Å². The molecule has 2 heterocycles. The number of nitrogens with zero attached hydrogens (tertiary/aromatic N) is 3. The molecule has 4 aromatic carbocycles. The highest BCUT2D eigenvalue weighted by Crippen LogP contribution is 2.34. The maximum absolute atomic E-state index is 6.14. The molecule has 0 saturated carbocycles. The molecule has 0 saturated heterocycles. The summed E-state index contributed by atoms with van der Waals surface area (Å²) in [6.07, 6.45) is 2.01. The van der Waals surface area contributed by atoms with E-state index in [9.17, 15) is 0 Å². The van der Waals surface area contributed by atoms with Gasteiger partial charge in [0.05, 0.1) is 33.4 Å². The normalized spacial score (nSPS) is 12.0. The number of nitrogen functional groups attached to an aromatic ring is 1. The van der Waals surface area contributed by atoms with E-state index in [-0.39, 0.29) is 5.41 Å². The molecular weight excluding hydrogens is 504 g/mol. The molecule has 0 unspecified atom stereocenters. The van der Waals surface area contributed by atoms with Gasteiger partial charge in [0.25, 0.3) is 0 Å². The molecule has 6 heteroatoms. The number of imidazole rings is 2. The smallest absolute Gasteiger partial charge is 0.138 e. The van der Waals surface area contributed by atoms with Crippen molar-refractivity contribution in [1.29, 1.82) is 0 Å². The van der Waals surface area contributed by atoms with Crippen molar-refractivity contribution in [2.24, 2.45) is 4.99 Å².